The Morgan fingerprint density at radius 3 is 2.43 bits per heavy atom. The highest BCUT2D eigenvalue weighted by Crippen LogP contribution is 2.32. The number of amides is 1. The Kier molecular flexibility index (Phi) is 7.39. The van der Waals surface area contributed by atoms with Crippen LogP contribution in [0.25, 0.3) is 0 Å². The van der Waals surface area contributed by atoms with E-state index in [9.17, 15) is 13.2 Å². The second kappa shape index (κ2) is 9.54. The van der Waals surface area contributed by atoms with Crippen LogP contribution in [0.2, 0.25) is 0 Å². The lowest BCUT2D eigenvalue weighted by molar-refractivity contribution is 0.0849. The summed E-state index contributed by atoms with van der Waals surface area (Å²) in [6.45, 7) is 1.92. The van der Waals surface area contributed by atoms with Gasteiger partial charge >= 0.3 is 0 Å². The molecule has 0 saturated carbocycles. The predicted octanol–water partition coefficient (Wildman–Crippen LogP) is 3.04. The van der Waals surface area contributed by atoms with E-state index >= 15 is 0 Å². The number of para-hydroxylation sites is 1. The first-order valence-electron chi connectivity index (χ1n) is 8.98. The van der Waals surface area contributed by atoms with Crippen LogP contribution in [-0.2, 0) is 23.0 Å². The number of ether oxygens (including phenoxy) is 2. The lowest BCUT2D eigenvalue weighted by Gasteiger charge is -2.22. The van der Waals surface area contributed by atoms with Crippen LogP contribution in [0.1, 0.15) is 41.4 Å². The molecule has 2 aromatic rings. The largest absolute Gasteiger partial charge is 0.493 e. The van der Waals surface area contributed by atoms with Crippen LogP contribution in [0.15, 0.2) is 36.5 Å². The zero-order valence-electron chi connectivity index (χ0n) is 16.6. The number of hydrogen-bond acceptors (Lipinski definition) is 6. The van der Waals surface area contributed by atoms with Crippen LogP contribution in [0.5, 0.6) is 11.5 Å². The number of benzene rings is 1. The molecule has 1 amide bonds. The molecule has 1 aromatic heterocycles. The Morgan fingerprint density at radius 1 is 1.14 bits per heavy atom. The van der Waals surface area contributed by atoms with Gasteiger partial charge in [0.05, 0.1) is 27.0 Å². The third-order valence-corrected chi connectivity index (χ3v) is 5.38. The molecule has 0 unspecified atom stereocenters. The fourth-order valence-electron chi connectivity index (χ4n) is 2.78. The van der Waals surface area contributed by atoms with E-state index < -0.39 is 15.9 Å². The Labute approximate surface area is 166 Å². The molecule has 7 nitrogen and oxygen atoms in total. The van der Waals surface area contributed by atoms with Gasteiger partial charge in [0.1, 0.15) is 5.69 Å². The third kappa shape index (κ3) is 5.22. The lowest BCUT2D eigenvalue weighted by atomic mass is 10.1. The molecule has 0 aliphatic rings. The minimum atomic E-state index is -3.83. The first kappa shape index (κ1) is 21.7. The molecule has 1 heterocycles. The van der Waals surface area contributed by atoms with Crippen molar-refractivity contribution in [3.63, 3.8) is 0 Å². The summed E-state index contributed by atoms with van der Waals surface area (Å²) in [7, 11) is -0.878. The summed E-state index contributed by atoms with van der Waals surface area (Å²) < 4.78 is 36.0. The highest BCUT2D eigenvalue weighted by atomic mass is 32.2. The van der Waals surface area contributed by atoms with E-state index in [1.54, 1.807) is 30.5 Å². The summed E-state index contributed by atoms with van der Waals surface area (Å²) >= 11 is 0. The molecule has 8 heteroatoms. The summed E-state index contributed by atoms with van der Waals surface area (Å²) in [5.74, 6) is 0.156. The fourth-order valence-corrected chi connectivity index (χ4v) is 3.55. The molecule has 0 atom stereocenters. The molecular weight excluding hydrogens is 380 g/mol. The first-order chi connectivity index (χ1) is 13.3. The van der Waals surface area contributed by atoms with Gasteiger partial charge in [-0.05, 0) is 30.5 Å². The van der Waals surface area contributed by atoms with Crippen molar-refractivity contribution in [3.05, 3.63) is 53.3 Å². The van der Waals surface area contributed by atoms with Crippen molar-refractivity contribution in [1.82, 2.24) is 9.29 Å². The molecule has 0 saturated heterocycles. The number of carbonyl (C=O) groups is 1. The molecule has 1 aromatic carbocycles. The first-order valence-corrected chi connectivity index (χ1v) is 10.8. The van der Waals surface area contributed by atoms with E-state index in [0.29, 0.717) is 17.1 Å². The van der Waals surface area contributed by atoms with Gasteiger partial charge in [0.15, 0.2) is 11.5 Å². The third-order valence-electron chi connectivity index (χ3n) is 4.29. The summed E-state index contributed by atoms with van der Waals surface area (Å²) in [6, 6.07) is 8.47. The molecule has 2 rings (SSSR count). The van der Waals surface area contributed by atoms with E-state index in [2.05, 4.69) is 11.9 Å². The van der Waals surface area contributed by atoms with Crippen LogP contribution in [0, 0.1) is 0 Å². The van der Waals surface area contributed by atoms with Gasteiger partial charge in [-0.3, -0.25) is 9.78 Å². The predicted molar refractivity (Wildman–Crippen MR) is 107 cm³/mol. The fraction of sp³-hybridized carbons (Fsp3) is 0.400. The van der Waals surface area contributed by atoms with Crippen LogP contribution in [0.4, 0.5) is 0 Å². The van der Waals surface area contributed by atoms with E-state index in [1.165, 1.54) is 14.2 Å². The second-order valence-electron chi connectivity index (χ2n) is 6.38. The van der Waals surface area contributed by atoms with Gasteiger partial charge in [-0.15, -0.1) is 0 Å². The number of nitrogens with zero attached hydrogens (tertiary/aromatic N) is 2. The van der Waals surface area contributed by atoms with Crippen molar-refractivity contribution in [2.24, 2.45) is 0 Å². The van der Waals surface area contributed by atoms with Crippen molar-refractivity contribution in [2.45, 2.75) is 32.7 Å². The van der Waals surface area contributed by atoms with Crippen molar-refractivity contribution in [1.29, 1.82) is 0 Å². The van der Waals surface area contributed by atoms with Gasteiger partial charge in [-0.1, -0.05) is 31.5 Å². The van der Waals surface area contributed by atoms with Crippen LogP contribution >= 0.6 is 0 Å². The minimum absolute atomic E-state index is 0.0764. The lowest BCUT2D eigenvalue weighted by Crippen LogP contribution is -2.36. The Morgan fingerprint density at radius 2 is 1.89 bits per heavy atom. The van der Waals surface area contributed by atoms with Gasteiger partial charge in [-0.2, -0.15) is 0 Å². The van der Waals surface area contributed by atoms with E-state index in [1.807, 2.05) is 6.07 Å². The van der Waals surface area contributed by atoms with Crippen molar-refractivity contribution in [3.8, 4) is 11.5 Å². The smallest absolute Gasteiger partial charge is 0.286 e. The Hall–Kier alpha value is -2.61. The number of aryl methyl sites for hydroxylation is 1. The minimum Gasteiger partial charge on any atom is -0.493 e. The van der Waals surface area contributed by atoms with Crippen LogP contribution in [-0.4, -0.2) is 44.1 Å². The number of pyridine rings is 1. The number of unbranched alkanes of at least 4 members (excludes halogenated alkanes) is 1. The molecule has 28 heavy (non-hydrogen) atoms. The maximum absolute atomic E-state index is 12.9. The number of carbonyl (C=O) groups excluding carboxylic acids is 1. The number of aromatic nitrogens is 1. The van der Waals surface area contributed by atoms with Gasteiger partial charge in [0.2, 0.25) is 10.0 Å². The molecule has 0 N–H and O–H groups in total. The monoisotopic (exact) mass is 406 g/mol. The van der Waals surface area contributed by atoms with E-state index in [4.69, 9.17) is 9.47 Å². The summed E-state index contributed by atoms with van der Waals surface area (Å²) in [6.07, 6.45) is 5.57. The molecule has 152 valence electrons. The molecule has 0 spiro atoms. The number of sulfonamides is 1. The molecular formula is C20H26N2O5S. The van der Waals surface area contributed by atoms with E-state index in [-0.39, 0.29) is 12.2 Å². The van der Waals surface area contributed by atoms with Gasteiger partial charge in [0, 0.05) is 11.8 Å². The van der Waals surface area contributed by atoms with Gasteiger partial charge in [-0.25, -0.2) is 12.7 Å². The number of methoxy groups -OCH3 is 2. The topological polar surface area (TPSA) is 85.8 Å². The quantitative estimate of drug-likeness (QED) is 0.636. The van der Waals surface area contributed by atoms with Gasteiger partial charge < -0.3 is 9.47 Å². The highest BCUT2D eigenvalue weighted by Gasteiger charge is 2.27. The molecule has 0 bridgehead atoms. The molecule has 0 aliphatic carbocycles. The number of rotatable bonds is 9. The summed E-state index contributed by atoms with van der Waals surface area (Å²) in [4.78, 5) is 17.1. The number of hydrogen-bond donors (Lipinski definition) is 0. The molecule has 0 aliphatic heterocycles. The Bertz CT molecular complexity index is 911. The van der Waals surface area contributed by atoms with E-state index in [0.717, 1.165) is 35.4 Å². The summed E-state index contributed by atoms with van der Waals surface area (Å²) in [5, 5.41) is 0. The second-order valence-corrected chi connectivity index (χ2v) is 8.29. The zero-order valence-corrected chi connectivity index (χ0v) is 17.5. The standard InChI is InChI=1S/C20H26N2O5S/c1-5-6-8-15-11-12-17(21-13-15)20(23)22(28(4,24)25)14-16-9-7-10-18(26-2)19(16)27-3/h7,9-13H,5-6,8,14H2,1-4H3. The van der Waals surface area contributed by atoms with Crippen molar-refractivity contribution in [2.75, 3.05) is 20.5 Å². The van der Waals surface area contributed by atoms with Crippen LogP contribution in [0.3, 0.4) is 0 Å². The van der Waals surface area contributed by atoms with Crippen LogP contribution < -0.4 is 9.47 Å². The zero-order chi connectivity index (χ0) is 20.7. The SMILES string of the molecule is CCCCc1ccc(C(=O)N(Cc2cccc(OC)c2OC)S(C)(=O)=O)nc1. The van der Waals surface area contributed by atoms with Gasteiger partial charge in [0.25, 0.3) is 5.91 Å². The summed E-state index contributed by atoms with van der Waals surface area (Å²) in [5.41, 5.74) is 1.60. The van der Waals surface area contributed by atoms with Crippen molar-refractivity contribution >= 4 is 15.9 Å². The maximum Gasteiger partial charge on any atom is 0.286 e. The Balaban J connectivity index is 2.34. The normalized spacial score (nSPS) is 11.1. The maximum atomic E-state index is 12.9. The molecule has 0 fully saturated rings. The molecule has 0 radical (unpaired) electrons. The highest BCUT2D eigenvalue weighted by molar-refractivity contribution is 7.88. The average Bonchev–Trinajstić information content (AvgIpc) is 2.69. The van der Waals surface area contributed by atoms with Crippen molar-refractivity contribution < 1.29 is 22.7 Å². The average molecular weight is 407 g/mol.